The Labute approximate surface area is 114 Å². The van der Waals surface area contributed by atoms with Crippen LogP contribution in [0.2, 0.25) is 0 Å². The molecule has 1 atom stereocenters. The Morgan fingerprint density at radius 3 is 2.70 bits per heavy atom. The quantitative estimate of drug-likeness (QED) is 0.776. The molecule has 5 heteroatoms. The van der Waals surface area contributed by atoms with Gasteiger partial charge in [0.25, 0.3) is 5.75 Å². The van der Waals surface area contributed by atoms with Crippen LogP contribution in [-0.2, 0) is 0 Å². The Morgan fingerprint density at radius 1 is 1.15 bits per heavy atom. The summed E-state index contributed by atoms with van der Waals surface area (Å²) in [5.41, 5.74) is 1.05. The second kappa shape index (κ2) is 4.45. The third-order valence-electron chi connectivity index (χ3n) is 3.38. The lowest BCUT2D eigenvalue weighted by molar-refractivity contribution is 0.0896. The van der Waals surface area contributed by atoms with E-state index >= 15 is 0 Å². The fourth-order valence-corrected chi connectivity index (χ4v) is 2.29. The van der Waals surface area contributed by atoms with E-state index in [1.165, 1.54) is 30.3 Å². The first kappa shape index (κ1) is 12.3. The first-order valence-corrected chi connectivity index (χ1v) is 6.11. The molecule has 0 bridgehead atoms. The Kier molecular flexibility index (Phi) is 2.75. The number of ether oxygens (including phenoxy) is 1. The van der Waals surface area contributed by atoms with E-state index in [2.05, 4.69) is 0 Å². The van der Waals surface area contributed by atoms with Crippen molar-refractivity contribution in [1.82, 2.24) is 0 Å². The summed E-state index contributed by atoms with van der Waals surface area (Å²) >= 11 is 0. The number of hydrogen-bond acceptors (Lipinski definition) is 4. The third-order valence-corrected chi connectivity index (χ3v) is 3.38. The fraction of sp³-hybridized carbons (Fsp3) is 0.133. The maximum atomic E-state index is 12.4. The van der Waals surface area contributed by atoms with E-state index in [0.29, 0.717) is 16.9 Å². The van der Waals surface area contributed by atoms with Gasteiger partial charge in [-0.25, -0.2) is 0 Å². The van der Waals surface area contributed by atoms with Crippen molar-refractivity contribution in [1.29, 1.82) is 0 Å². The number of ketones is 1. The van der Waals surface area contributed by atoms with E-state index in [1.54, 1.807) is 6.07 Å². The second-order valence-corrected chi connectivity index (χ2v) is 4.68. The summed E-state index contributed by atoms with van der Waals surface area (Å²) < 4.78 is 5.51. The van der Waals surface area contributed by atoms with E-state index in [0.717, 1.165) is 0 Å². The number of benzene rings is 2. The number of phenolic OH excluding ortho intramolecular Hbond substituents is 2. The van der Waals surface area contributed by atoms with Crippen molar-refractivity contribution in [3.63, 3.8) is 0 Å². The van der Waals surface area contributed by atoms with Crippen molar-refractivity contribution in [2.45, 2.75) is 5.92 Å². The van der Waals surface area contributed by atoms with Gasteiger partial charge in [0.05, 0.1) is 11.5 Å². The molecule has 3 rings (SSSR count). The molecule has 1 unspecified atom stereocenters. The predicted octanol–water partition coefficient (Wildman–Crippen LogP) is 1.89. The summed E-state index contributed by atoms with van der Waals surface area (Å²) in [7, 11) is 0. The minimum absolute atomic E-state index is 0.0215. The highest BCUT2D eigenvalue weighted by atomic mass is 16.5. The average molecular weight is 273 g/mol. The molecule has 2 aromatic carbocycles. The summed E-state index contributed by atoms with van der Waals surface area (Å²) in [5.74, 6) is -0.340. The lowest BCUT2D eigenvalue weighted by Gasteiger charge is -2.24. The molecule has 0 saturated heterocycles. The standard InChI is InChI=1S/C15H12O5/c16-9-2-3-10-14(6-9)20-7-11(15(10)19)8-1-4-12(17)13(18)5-8/h1-6,11,16-18H,7H2/p+1. The highest BCUT2D eigenvalue weighted by Gasteiger charge is 2.31. The molecule has 20 heavy (non-hydrogen) atoms. The lowest BCUT2D eigenvalue weighted by atomic mass is 9.89. The Balaban J connectivity index is 1.99. The van der Waals surface area contributed by atoms with Crippen molar-refractivity contribution in [2.24, 2.45) is 0 Å². The van der Waals surface area contributed by atoms with E-state index in [4.69, 9.17) is 9.84 Å². The molecule has 1 aliphatic rings. The first-order chi connectivity index (χ1) is 9.56. The van der Waals surface area contributed by atoms with Crippen LogP contribution in [0.5, 0.6) is 23.0 Å². The van der Waals surface area contributed by atoms with E-state index < -0.39 is 5.92 Å². The van der Waals surface area contributed by atoms with Gasteiger partial charge >= 0.3 is 0 Å². The second-order valence-electron chi connectivity index (χ2n) is 4.68. The number of aromatic hydroxyl groups is 2. The van der Waals surface area contributed by atoms with E-state index in [9.17, 15) is 15.0 Å². The van der Waals surface area contributed by atoms with Crippen molar-refractivity contribution in [2.75, 3.05) is 6.61 Å². The van der Waals surface area contributed by atoms with Gasteiger partial charge in [0, 0.05) is 12.1 Å². The van der Waals surface area contributed by atoms with Crippen LogP contribution >= 0.6 is 0 Å². The molecule has 0 amide bonds. The van der Waals surface area contributed by atoms with Gasteiger partial charge in [-0.05, 0) is 23.8 Å². The molecule has 4 N–H and O–H groups in total. The van der Waals surface area contributed by atoms with Crippen LogP contribution in [0.15, 0.2) is 36.4 Å². The molecule has 0 aliphatic carbocycles. The van der Waals surface area contributed by atoms with Crippen LogP contribution in [0.25, 0.3) is 0 Å². The molecule has 1 heterocycles. The van der Waals surface area contributed by atoms with Crippen LogP contribution in [0.1, 0.15) is 21.8 Å². The van der Waals surface area contributed by atoms with Crippen molar-refractivity contribution in [3.8, 4) is 23.0 Å². The van der Waals surface area contributed by atoms with Gasteiger partial charge in [0.2, 0.25) is 5.75 Å². The number of Topliss-reactive ketones (excluding diaryl/α,β-unsaturated/α-hetero) is 1. The highest BCUT2D eigenvalue weighted by molar-refractivity contribution is 6.04. The summed E-state index contributed by atoms with van der Waals surface area (Å²) in [6.07, 6.45) is 0. The van der Waals surface area contributed by atoms with Crippen molar-refractivity contribution in [3.05, 3.63) is 47.5 Å². The fourth-order valence-electron chi connectivity index (χ4n) is 2.29. The van der Waals surface area contributed by atoms with Gasteiger partial charge in [0.1, 0.15) is 18.1 Å². The molecule has 0 saturated carbocycles. The number of carbonyl (C=O) groups is 1. The molecule has 5 nitrogen and oxygen atoms in total. The smallest absolute Gasteiger partial charge is 0.296 e. The van der Waals surface area contributed by atoms with Crippen LogP contribution in [0.4, 0.5) is 0 Å². The van der Waals surface area contributed by atoms with Gasteiger partial charge in [-0.2, -0.15) is 0 Å². The summed E-state index contributed by atoms with van der Waals surface area (Å²) in [6, 6.07) is 8.86. The van der Waals surface area contributed by atoms with Gasteiger partial charge in [-0.15, -0.1) is 0 Å². The zero-order valence-corrected chi connectivity index (χ0v) is 10.5. The summed E-state index contributed by atoms with van der Waals surface area (Å²) in [5, 5.41) is 26.3. The van der Waals surface area contributed by atoms with E-state index in [-0.39, 0.29) is 29.6 Å². The number of fused-ring (bicyclic) bond motifs is 1. The molecule has 0 radical (unpaired) electrons. The minimum Gasteiger partial charge on any atom is -0.591 e. The van der Waals surface area contributed by atoms with E-state index in [1.807, 2.05) is 0 Å². The zero-order chi connectivity index (χ0) is 14.3. The molecule has 0 spiro atoms. The van der Waals surface area contributed by atoms with Gasteiger partial charge < -0.3 is 20.1 Å². The number of carbonyl (C=O) groups excluding carboxylic acids is 1. The number of hydrogen-bond donors (Lipinski definition) is 2. The van der Waals surface area contributed by atoms with Gasteiger partial charge in [0.15, 0.2) is 5.78 Å². The Hall–Kier alpha value is -2.69. The van der Waals surface area contributed by atoms with Crippen LogP contribution < -0.4 is 4.74 Å². The van der Waals surface area contributed by atoms with Crippen LogP contribution in [-0.4, -0.2) is 27.7 Å². The highest BCUT2D eigenvalue weighted by Crippen LogP contribution is 2.36. The molecule has 0 fully saturated rings. The minimum atomic E-state index is -0.503. The first-order valence-electron chi connectivity index (χ1n) is 6.11. The average Bonchev–Trinajstić information content (AvgIpc) is 2.42. The predicted molar refractivity (Wildman–Crippen MR) is 71.8 cm³/mol. The molecule has 0 aromatic heterocycles. The summed E-state index contributed by atoms with van der Waals surface area (Å²) in [6.45, 7) is 0.152. The van der Waals surface area contributed by atoms with Crippen LogP contribution in [0.3, 0.4) is 0 Å². The van der Waals surface area contributed by atoms with Crippen molar-refractivity contribution < 1.29 is 24.9 Å². The maximum absolute atomic E-state index is 12.4. The molecular formula is C15H13O5+. The van der Waals surface area contributed by atoms with Gasteiger partial charge in [-0.1, -0.05) is 6.07 Å². The topological polar surface area (TPSA) is 89.7 Å². The number of rotatable bonds is 1. The molecule has 102 valence electrons. The Bertz CT molecular complexity index is 693. The molecule has 2 aromatic rings. The zero-order valence-electron chi connectivity index (χ0n) is 10.5. The SMILES string of the molecule is O=C1c2ccc(O)cc2OCC1c1ccc(O)c([OH2+])c1. The summed E-state index contributed by atoms with van der Waals surface area (Å²) in [4.78, 5) is 12.4. The van der Waals surface area contributed by atoms with Crippen molar-refractivity contribution >= 4 is 5.78 Å². The normalized spacial score (nSPS) is 17.4. The van der Waals surface area contributed by atoms with Gasteiger partial charge in [-0.3, -0.25) is 4.79 Å². The largest absolute Gasteiger partial charge is 0.591 e. The molecule has 1 aliphatic heterocycles. The monoisotopic (exact) mass is 273 g/mol. The van der Waals surface area contributed by atoms with Crippen LogP contribution in [0, 0.1) is 0 Å². The third kappa shape index (κ3) is 1.93. The Morgan fingerprint density at radius 2 is 1.95 bits per heavy atom. The molecular weight excluding hydrogens is 260 g/mol. The lowest BCUT2D eigenvalue weighted by Crippen LogP contribution is -2.25. The maximum Gasteiger partial charge on any atom is 0.296 e. The number of phenols is 2.